The molecule has 0 N–H and O–H groups in total. The zero-order valence-electron chi connectivity index (χ0n) is 5.90. The largest absolute Gasteiger partial charge is 0.294 e. The number of benzene rings is 1. The van der Waals surface area contributed by atoms with Gasteiger partial charge in [0, 0.05) is 13.6 Å². The molecule has 0 aliphatic rings. The molecule has 1 aromatic carbocycles. The van der Waals surface area contributed by atoms with E-state index in [1.165, 1.54) is 0 Å². The summed E-state index contributed by atoms with van der Waals surface area (Å²) in [5, 5.41) is 0. The highest BCUT2D eigenvalue weighted by molar-refractivity contribution is 14.1. The van der Waals surface area contributed by atoms with E-state index in [0.29, 0.717) is 0 Å². The van der Waals surface area contributed by atoms with Gasteiger partial charge < -0.3 is 0 Å². The molecule has 58 valence electrons. The Morgan fingerprint density at radius 2 is 2.18 bits per heavy atom. The van der Waals surface area contributed by atoms with Crippen molar-refractivity contribution in [2.24, 2.45) is 0 Å². The number of Topliss-reactive ketones (excluding diaryl/α,β-unsaturated/α-hetero) is 1. The molecule has 0 amide bonds. The van der Waals surface area contributed by atoms with E-state index in [2.05, 4.69) is 38.5 Å². The molecule has 1 rings (SSSR count). The van der Waals surface area contributed by atoms with Crippen LogP contribution in [0.1, 0.15) is 17.3 Å². The average Bonchev–Trinajstić information content (AvgIpc) is 1.94. The Morgan fingerprint density at radius 3 is 2.64 bits per heavy atom. The molecule has 0 unspecified atom stereocenters. The van der Waals surface area contributed by atoms with Gasteiger partial charge in [-0.05, 0) is 51.5 Å². The summed E-state index contributed by atoms with van der Waals surface area (Å²) < 4.78 is 1.96. The Morgan fingerprint density at radius 1 is 1.55 bits per heavy atom. The number of carbonyl (C=O) groups is 1. The van der Waals surface area contributed by atoms with Crippen molar-refractivity contribution in [3.05, 3.63) is 31.8 Å². The molecular formula is C8H6BrIO. The number of hydrogen-bond donors (Lipinski definition) is 0. The molecule has 0 radical (unpaired) electrons. The smallest absolute Gasteiger partial charge is 0.160 e. The number of ketones is 1. The van der Waals surface area contributed by atoms with Crippen molar-refractivity contribution in [3.8, 4) is 0 Å². The Labute approximate surface area is 87.5 Å². The van der Waals surface area contributed by atoms with Gasteiger partial charge in [-0.25, -0.2) is 0 Å². The van der Waals surface area contributed by atoms with Gasteiger partial charge in [0.2, 0.25) is 0 Å². The van der Waals surface area contributed by atoms with Crippen LogP contribution in [0.3, 0.4) is 0 Å². The van der Waals surface area contributed by atoms with Crippen LogP contribution in [0, 0.1) is 3.57 Å². The summed E-state index contributed by atoms with van der Waals surface area (Å²) >= 11 is 5.54. The molecule has 0 aromatic heterocycles. The summed E-state index contributed by atoms with van der Waals surface area (Å²) in [7, 11) is 0. The van der Waals surface area contributed by atoms with Crippen LogP contribution in [0.5, 0.6) is 0 Å². The third-order valence-electron chi connectivity index (χ3n) is 1.33. The van der Waals surface area contributed by atoms with Crippen LogP contribution >= 0.6 is 38.5 Å². The topological polar surface area (TPSA) is 17.1 Å². The number of halogens is 2. The van der Waals surface area contributed by atoms with Crippen LogP contribution in [0.25, 0.3) is 0 Å². The minimum atomic E-state index is 0.0930. The maximum absolute atomic E-state index is 11.0. The van der Waals surface area contributed by atoms with Gasteiger partial charge >= 0.3 is 0 Å². The summed E-state index contributed by atoms with van der Waals surface area (Å²) in [6, 6.07) is 5.65. The van der Waals surface area contributed by atoms with Crippen LogP contribution in [-0.4, -0.2) is 5.78 Å². The van der Waals surface area contributed by atoms with Gasteiger partial charge in [0.05, 0.1) is 0 Å². The molecule has 0 aliphatic heterocycles. The maximum atomic E-state index is 11.0. The third kappa shape index (κ3) is 2.02. The van der Waals surface area contributed by atoms with Crippen molar-refractivity contribution in [1.29, 1.82) is 0 Å². The van der Waals surface area contributed by atoms with Gasteiger partial charge in [-0.2, -0.15) is 0 Å². The molecule has 1 aromatic rings. The molecule has 0 saturated carbocycles. The molecule has 11 heavy (non-hydrogen) atoms. The molecule has 0 atom stereocenters. The van der Waals surface area contributed by atoms with E-state index in [4.69, 9.17) is 0 Å². The summed E-state index contributed by atoms with van der Waals surface area (Å²) in [6.45, 7) is 1.57. The Balaban J connectivity index is 3.27. The van der Waals surface area contributed by atoms with Crippen LogP contribution in [-0.2, 0) is 0 Å². The summed E-state index contributed by atoms with van der Waals surface area (Å²) in [6.07, 6.45) is 0. The lowest BCUT2D eigenvalue weighted by molar-refractivity contribution is 0.101. The van der Waals surface area contributed by atoms with Crippen LogP contribution in [0.4, 0.5) is 0 Å². The fourth-order valence-electron chi connectivity index (χ4n) is 0.776. The fraction of sp³-hybridized carbons (Fsp3) is 0.125. The lowest BCUT2D eigenvalue weighted by Gasteiger charge is -2.00. The van der Waals surface area contributed by atoms with Gasteiger partial charge in [-0.15, -0.1) is 0 Å². The van der Waals surface area contributed by atoms with Crippen LogP contribution in [0.15, 0.2) is 22.7 Å². The van der Waals surface area contributed by atoms with Crippen molar-refractivity contribution in [2.45, 2.75) is 6.92 Å². The molecule has 3 heteroatoms. The SMILES string of the molecule is CC(=O)c1cccc(I)c1Br. The van der Waals surface area contributed by atoms with E-state index in [0.717, 1.165) is 13.6 Å². The number of hydrogen-bond acceptors (Lipinski definition) is 1. The van der Waals surface area contributed by atoms with Gasteiger partial charge in [0.25, 0.3) is 0 Å². The number of carbonyl (C=O) groups excluding carboxylic acids is 1. The van der Waals surface area contributed by atoms with E-state index in [1.807, 2.05) is 18.2 Å². The highest BCUT2D eigenvalue weighted by Gasteiger charge is 2.05. The standard InChI is InChI=1S/C8H6BrIO/c1-5(11)6-3-2-4-7(10)8(6)9/h2-4H,1H3. The normalized spacial score (nSPS) is 9.73. The van der Waals surface area contributed by atoms with Crippen LogP contribution < -0.4 is 0 Å². The Hall–Kier alpha value is 0.1000. The predicted octanol–water partition coefficient (Wildman–Crippen LogP) is 3.26. The van der Waals surface area contributed by atoms with Gasteiger partial charge in [0.15, 0.2) is 5.78 Å². The van der Waals surface area contributed by atoms with E-state index in [9.17, 15) is 4.79 Å². The molecular weight excluding hydrogens is 319 g/mol. The van der Waals surface area contributed by atoms with E-state index >= 15 is 0 Å². The van der Waals surface area contributed by atoms with Crippen molar-refractivity contribution in [3.63, 3.8) is 0 Å². The Bertz CT molecular complexity index is 296. The molecule has 0 fully saturated rings. The third-order valence-corrected chi connectivity index (χ3v) is 3.83. The second kappa shape index (κ2) is 3.67. The summed E-state index contributed by atoms with van der Waals surface area (Å²) in [5.41, 5.74) is 0.747. The first-order valence-corrected chi connectivity index (χ1v) is 4.95. The zero-order chi connectivity index (χ0) is 8.43. The first kappa shape index (κ1) is 9.19. The Kier molecular flexibility index (Phi) is 3.06. The van der Waals surface area contributed by atoms with E-state index < -0.39 is 0 Å². The van der Waals surface area contributed by atoms with E-state index in [-0.39, 0.29) is 5.78 Å². The van der Waals surface area contributed by atoms with Gasteiger partial charge in [-0.3, -0.25) is 4.79 Å². The van der Waals surface area contributed by atoms with E-state index in [1.54, 1.807) is 6.92 Å². The number of rotatable bonds is 1. The average molecular weight is 325 g/mol. The first-order chi connectivity index (χ1) is 5.13. The maximum Gasteiger partial charge on any atom is 0.160 e. The summed E-state index contributed by atoms with van der Waals surface area (Å²) in [4.78, 5) is 11.0. The second-order valence-corrected chi connectivity index (χ2v) is 4.11. The van der Waals surface area contributed by atoms with Gasteiger partial charge in [0.1, 0.15) is 0 Å². The predicted molar refractivity (Wildman–Crippen MR) is 56.9 cm³/mol. The second-order valence-electron chi connectivity index (χ2n) is 2.16. The molecule has 0 heterocycles. The van der Waals surface area contributed by atoms with Crippen molar-refractivity contribution in [2.75, 3.05) is 0 Å². The summed E-state index contributed by atoms with van der Waals surface area (Å²) in [5.74, 6) is 0.0930. The van der Waals surface area contributed by atoms with Crippen molar-refractivity contribution < 1.29 is 4.79 Å². The molecule has 1 nitrogen and oxygen atoms in total. The highest BCUT2D eigenvalue weighted by Crippen LogP contribution is 2.23. The zero-order valence-corrected chi connectivity index (χ0v) is 9.64. The molecule has 0 spiro atoms. The lowest BCUT2D eigenvalue weighted by Crippen LogP contribution is -1.94. The minimum absolute atomic E-state index is 0.0930. The molecule has 0 saturated heterocycles. The molecule has 0 bridgehead atoms. The van der Waals surface area contributed by atoms with Crippen molar-refractivity contribution >= 4 is 44.3 Å². The fourth-order valence-corrected chi connectivity index (χ4v) is 1.82. The minimum Gasteiger partial charge on any atom is -0.294 e. The molecule has 0 aliphatic carbocycles. The first-order valence-electron chi connectivity index (χ1n) is 3.08. The monoisotopic (exact) mass is 324 g/mol. The highest BCUT2D eigenvalue weighted by atomic mass is 127. The lowest BCUT2D eigenvalue weighted by atomic mass is 10.2. The van der Waals surface area contributed by atoms with Crippen molar-refractivity contribution in [1.82, 2.24) is 0 Å². The quantitative estimate of drug-likeness (QED) is 0.572. The van der Waals surface area contributed by atoms with Crippen LogP contribution in [0.2, 0.25) is 0 Å². The van der Waals surface area contributed by atoms with Gasteiger partial charge in [-0.1, -0.05) is 12.1 Å².